The molecule has 1 N–H and O–H groups in total. The third-order valence-corrected chi connectivity index (χ3v) is 5.30. The van der Waals surface area contributed by atoms with Crippen molar-refractivity contribution >= 4 is 23.3 Å². The molecular formula is C17H24N2O3S. The first kappa shape index (κ1) is 16.3. The van der Waals surface area contributed by atoms with E-state index in [1.54, 1.807) is 11.3 Å². The third kappa shape index (κ3) is 3.68. The number of thiophene rings is 1. The Balaban J connectivity index is 1.59. The maximum absolute atomic E-state index is 12.5. The fourth-order valence-electron chi connectivity index (χ4n) is 3.64. The molecule has 1 aliphatic heterocycles. The van der Waals surface area contributed by atoms with Crippen LogP contribution in [0.15, 0.2) is 16.8 Å². The van der Waals surface area contributed by atoms with Gasteiger partial charge in [0.2, 0.25) is 0 Å². The van der Waals surface area contributed by atoms with Crippen molar-refractivity contribution in [3.63, 3.8) is 0 Å². The molecule has 3 rings (SSSR count). The molecule has 126 valence electrons. The molecule has 1 saturated carbocycles. The van der Waals surface area contributed by atoms with Crippen molar-refractivity contribution in [2.24, 2.45) is 11.8 Å². The van der Waals surface area contributed by atoms with Crippen LogP contribution < -0.4 is 5.32 Å². The van der Waals surface area contributed by atoms with Crippen molar-refractivity contribution in [3.8, 4) is 0 Å². The van der Waals surface area contributed by atoms with Gasteiger partial charge in [-0.25, -0.2) is 4.79 Å². The van der Waals surface area contributed by atoms with Gasteiger partial charge in [-0.3, -0.25) is 4.79 Å². The molecule has 23 heavy (non-hydrogen) atoms. The zero-order chi connectivity index (χ0) is 16.6. The minimum absolute atomic E-state index is 0.107. The Morgan fingerprint density at radius 3 is 2.74 bits per heavy atom. The monoisotopic (exact) mass is 336 g/mol. The van der Waals surface area contributed by atoms with Gasteiger partial charge in [-0.05, 0) is 51.0 Å². The van der Waals surface area contributed by atoms with Crippen LogP contribution >= 0.6 is 11.3 Å². The lowest BCUT2D eigenvalue weighted by atomic mass is 9.98. The largest absolute Gasteiger partial charge is 0.444 e. The van der Waals surface area contributed by atoms with Crippen LogP contribution in [-0.4, -0.2) is 41.6 Å². The first-order valence-corrected chi connectivity index (χ1v) is 9.09. The molecule has 0 radical (unpaired) electrons. The van der Waals surface area contributed by atoms with Crippen molar-refractivity contribution in [2.45, 2.75) is 45.3 Å². The minimum Gasteiger partial charge on any atom is -0.444 e. The van der Waals surface area contributed by atoms with Crippen LogP contribution in [0.25, 0.3) is 0 Å². The summed E-state index contributed by atoms with van der Waals surface area (Å²) in [5, 5.41) is 6.83. The van der Waals surface area contributed by atoms with Crippen LogP contribution in [0.3, 0.4) is 0 Å². The second-order valence-corrected chi connectivity index (χ2v) is 8.26. The molecule has 0 spiro atoms. The van der Waals surface area contributed by atoms with Gasteiger partial charge in [-0.15, -0.1) is 0 Å². The van der Waals surface area contributed by atoms with Crippen molar-refractivity contribution < 1.29 is 14.3 Å². The minimum atomic E-state index is -0.487. The van der Waals surface area contributed by atoms with Crippen LogP contribution in [0.5, 0.6) is 0 Å². The molecule has 6 heteroatoms. The van der Waals surface area contributed by atoms with Gasteiger partial charge < -0.3 is 15.0 Å². The highest BCUT2D eigenvalue weighted by Crippen LogP contribution is 2.38. The summed E-state index contributed by atoms with van der Waals surface area (Å²) in [4.78, 5) is 26.4. The highest BCUT2D eigenvalue weighted by Gasteiger charge is 2.45. The predicted molar refractivity (Wildman–Crippen MR) is 89.6 cm³/mol. The topological polar surface area (TPSA) is 58.6 Å². The SMILES string of the molecule is CC(C)(C)OC(=O)N[C@@H]1CC[C@H]2CN(C(=O)c3ccsc3)C[C@H]21. The molecule has 1 aromatic heterocycles. The summed E-state index contributed by atoms with van der Waals surface area (Å²) in [6.07, 6.45) is 1.67. The maximum atomic E-state index is 12.5. The number of ether oxygens (including phenoxy) is 1. The Morgan fingerprint density at radius 2 is 2.09 bits per heavy atom. The van der Waals surface area contributed by atoms with Gasteiger partial charge in [0, 0.05) is 30.4 Å². The first-order chi connectivity index (χ1) is 10.8. The third-order valence-electron chi connectivity index (χ3n) is 4.61. The van der Waals surface area contributed by atoms with Crippen molar-refractivity contribution in [3.05, 3.63) is 22.4 Å². The maximum Gasteiger partial charge on any atom is 0.407 e. The molecule has 1 saturated heterocycles. The van der Waals surface area contributed by atoms with E-state index in [4.69, 9.17) is 4.74 Å². The fourth-order valence-corrected chi connectivity index (χ4v) is 4.27. The number of hydrogen-bond donors (Lipinski definition) is 1. The Labute approximate surface area is 141 Å². The van der Waals surface area contributed by atoms with Gasteiger partial charge in [0.25, 0.3) is 5.91 Å². The van der Waals surface area contributed by atoms with E-state index in [2.05, 4.69) is 5.32 Å². The Kier molecular flexibility index (Phi) is 4.36. The van der Waals surface area contributed by atoms with E-state index in [0.717, 1.165) is 31.5 Å². The molecule has 3 atom stereocenters. The van der Waals surface area contributed by atoms with Crippen LogP contribution in [0.1, 0.15) is 44.0 Å². The number of likely N-dealkylation sites (tertiary alicyclic amines) is 1. The number of carbonyl (C=O) groups is 2. The number of nitrogens with one attached hydrogen (secondary N) is 1. The normalized spacial score (nSPS) is 26.9. The lowest BCUT2D eigenvalue weighted by Gasteiger charge is -2.25. The second-order valence-electron chi connectivity index (χ2n) is 7.48. The fraction of sp³-hybridized carbons (Fsp3) is 0.647. The molecular weight excluding hydrogens is 312 g/mol. The molecule has 1 aromatic rings. The van der Waals surface area contributed by atoms with Crippen LogP contribution in [0, 0.1) is 11.8 Å². The summed E-state index contributed by atoms with van der Waals surface area (Å²) < 4.78 is 5.35. The summed E-state index contributed by atoms with van der Waals surface area (Å²) in [6, 6.07) is 1.98. The van der Waals surface area contributed by atoms with Gasteiger partial charge in [0.05, 0.1) is 5.56 Å². The average Bonchev–Trinajstić information content (AvgIpc) is 3.13. The average molecular weight is 336 g/mol. The van der Waals surface area contributed by atoms with E-state index >= 15 is 0 Å². The van der Waals surface area contributed by atoms with Crippen LogP contribution in [0.4, 0.5) is 4.79 Å². The number of amides is 2. The van der Waals surface area contributed by atoms with Crippen molar-refractivity contribution in [1.82, 2.24) is 10.2 Å². The quantitative estimate of drug-likeness (QED) is 0.903. The van der Waals surface area contributed by atoms with Gasteiger partial charge in [0.1, 0.15) is 5.60 Å². The Morgan fingerprint density at radius 1 is 1.30 bits per heavy atom. The molecule has 0 bridgehead atoms. The molecule has 2 heterocycles. The number of rotatable bonds is 2. The zero-order valence-electron chi connectivity index (χ0n) is 13.9. The summed E-state index contributed by atoms with van der Waals surface area (Å²) in [5.74, 6) is 0.930. The highest BCUT2D eigenvalue weighted by molar-refractivity contribution is 7.08. The zero-order valence-corrected chi connectivity index (χ0v) is 14.7. The van der Waals surface area contributed by atoms with Crippen molar-refractivity contribution in [2.75, 3.05) is 13.1 Å². The van der Waals surface area contributed by atoms with E-state index < -0.39 is 5.60 Å². The molecule has 2 amide bonds. The van der Waals surface area contributed by atoms with Crippen LogP contribution in [-0.2, 0) is 4.74 Å². The summed E-state index contributed by atoms with van der Waals surface area (Å²) >= 11 is 1.54. The number of carbonyl (C=O) groups excluding carboxylic acids is 2. The predicted octanol–water partition coefficient (Wildman–Crippen LogP) is 3.12. The highest BCUT2D eigenvalue weighted by atomic mass is 32.1. The Bertz CT molecular complexity index is 579. The Hall–Kier alpha value is -1.56. The van der Waals surface area contributed by atoms with Gasteiger partial charge in [-0.1, -0.05) is 0 Å². The van der Waals surface area contributed by atoms with E-state index in [1.165, 1.54) is 0 Å². The first-order valence-electron chi connectivity index (χ1n) is 8.14. The number of fused-ring (bicyclic) bond motifs is 1. The van der Waals surface area contributed by atoms with Crippen LogP contribution in [0.2, 0.25) is 0 Å². The molecule has 0 unspecified atom stereocenters. The van der Waals surface area contributed by atoms with Gasteiger partial charge in [-0.2, -0.15) is 11.3 Å². The van der Waals surface area contributed by atoms with Crippen molar-refractivity contribution in [1.29, 1.82) is 0 Å². The number of alkyl carbamates (subject to hydrolysis) is 1. The summed E-state index contributed by atoms with van der Waals surface area (Å²) in [7, 11) is 0. The lowest BCUT2D eigenvalue weighted by molar-refractivity contribution is 0.0491. The lowest BCUT2D eigenvalue weighted by Crippen LogP contribution is -2.42. The van der Waals surface area contributed by atoms with E-state index in [0.29, 0.717) is 11.8 Å². The van der Waals surface area contributed by atoms with E-state index in [9.17, 15) is 9.59 Å². The van der Waals surface area contributed by atoms with Gasteiger partial charge in [0.15, 0.2) is 0 Å². The molecule has 2 aliphatic rings. The standard InChI is InChI=1S/C17H24N2O3S/c1-17(2,3)22-16(21)18-14-5-4-11-8-19(9-13(11)14)15(20)12-6-7-23-10-12/h6-7,10-11,13-14H,4-5,8-9H2,1-3H3,(H,18,21)/t11-,13+,14+/m0/s1. The molecule has 5 nitrogen and oxygen atoms in total. The molecule has 1 aliphatic carbocycles. The summed E-state index contributed by atoms with van der Waals surface area (Å²) in [5.41, 5.74) is 0.283. The molecule has 2 fully saturated rings. The molecule has 0 aromatic carbocycles. The van der Waals surface area contributed by atoms with E-state index in [-0.39, 0.29) is 18.0 Å². The van der Waals surface area contributed by atoms with Gasteiger partial charge >= 0.3 is 6.09 Å². The number of nitrogens with zero attached hydrogens (tertiary/aromatic N) is 1. The number of hydrogen-bond acceptors (Lipinski definition) is 4. The summed E-state index contributed by atoms with van der Waals surface area (Å²) in [6.45, 7) is 7.11. The second kappa shape index (κ2) is 6.15. The smallest absolute Gasteiger partial charge is 0.407 e. The van der Waals surface area contributed by atoms with E-state index in [1.807, 2.05) is 42.5 Å².